The number of hydrogen-bond donors (Lipinski definition) is 1. The van der Waals surface area contributed by atoms with Gasteiger partial charge < -0.3 is 9.87 Å². The molecule has 0 saturated carbocycles. The molecule has 1 fully saturated rings. The molecule has 1 atom stereocenters. The largest absolute Gasteiger partial charge is 1.00 e. The van der Waals surface area contributed by atoms with Crippen LogP contribution < -0.4 is 56.7 Å². The maximum atomic E-state index is 14.8. The van der Waals surface area contributed by atoms with E-state index < -0.39 is 79.3 Å². The number of benzene rings is 1. The SMILES string of the molecule is O=C(Nc1ccc(S(=O)(=O)[O-])cc1)C(F)(C(F)(F)F)C(F)(F)N1C(F)(F)C(F)(F)C(F)(F)C(F)(F)C1(F)F.[K+]. The number of carbonyl (C=O) groups is 1. The van der Waals surface area contributed by atoms with Crippen molar-refractivity contribution in [2.24, 2.45) is 0 Å². The number of likely N-dealkylation sites (tertiary alicyclic amines) is 1. The molecule has 24 heteroatoms. The van der Waals surface area contributed by atoms with Crippen LogP contribution in [0.25, 0.3) is 0 Å². The van der Waals surface area contributed by atoms with Crippen LogP contribution in [0.4, 0.5) is 75.9 Å². The average Bonchev–Trinajstić information content (AvgIpc) is 2.69. The predicted octanol–water partition coefficient (Wildman–Crippen LogP) is 1.80. The number of nitrogens with one attached hydrogen (secondary N) is 1. The molecule has 1 aliphatic heterocycles. The van der Waals surface area contributed by atoms with Gasteiger partial charge >= 0.3 is 99.1 Å². The Labute approximate surface area is 246 Å². The maximum absolute atomic E-state index is 14.8. The Bertz CT molecular complexity index is 1190. The van der Waals surface area contributed by atoms with E-state index in [1.807, 2.05) is 0 Å². The topological polar surface area (TPSA) is 89.5 Å². The normalized spacial score (nSPS) is 23.7. The Balaban J connectivity index is 0.00000760. The average molecular weight is 652 g/mol. The van der Waals surface area contributed by atoms with Crippen LogP contribution in [0.5, 0.6) is 0 Å². The second kappa shape index (κ2) is 9.83. The number of alkyl halides is 16. The van der Waals surface area contributed by atoms with Crippen molar-refractivity contribution in [3.05, 3.63) is 24.3 Å². The van der Waals surface area contributed by atoms with E-state index in [1.54, 1.807) is 0 Å². The quantitative estimate of drug-likeness (QED) is 0.227. The van der Waals surface area contributed by atoms with E-state index in [0.717, 1.165) is 0 Å². The summed E-state index contributed by atoms with van der Waals surface area (Å²) in [4.78, 5) is 6.13. The minimum absolute atomic E-state index is 0. The van der Waals surface area contributed by atoms with E-state index >= 15 is 0 Å². The molecule has 1 heterocycles. The Morgan fingerprint density at radius 1 is 0.744 bits per heavy atom. The summed E-state index contributed by atoms with van der Waals surface area (Å²) in [6.45, 7) is 0. The van der Waals surface area contributed by atoms with Gasteiger partial charge in [0.2, 0.25) is 0 Å². The predicted molar refractivity (Wildman–Crippen MR) is 84.4 cm³/mol. The summed E-state index contributed by atoms with van der Waals surface area (Å²) >= 11 is 0. The van der Waals surface area contributed by atoms with Gasteiger partial charge in [0, 0.05) is 5.69 Å². The number of carbonyl (C=O) groups excluding carboxylic acids is 1. The first-order valence-electron chi connectivity index (χ1n) is 8.67. The summed E-state index contributed by atoms with van der Waals surface area (Å²) in [5.74, 6) is -28.0. The molecule has 1 amide bonds. The molecule has 0 aromatic heterocycles. The van der Waals surface area contributed by atoms with E-state index in [1.165, 1.54) is 0 Å². The van der Waals surface area contributed by atoms with Crippen molar-refractivity contribution >= 4 is 21.7 Å². The van der Waals surface area contributed by atoms with Gasteiger partial charge in [-0.05, 0) is 24.3 Å². The Morgan fingerprint density at radius 2 is 1.10 bits per heavy atom. The minimum Gasteiger partial charge on any atom is -0.744 e. The van der Waals surface area contributed by atoms with Crippen LogP contribution in [-0.2, 0) is 14.9 Å². The summed E-state index contributed by atoms with van der Waals surface area (Å²) in [6.07, 6.45) is -7.71. The monoisotopic (exact) mass is 652 g/mol. The molecule has 1 saturated heterocycles. The Hall–Kier alpha value is -0.924. The van der Waals surface area contributed by atoms with Crippen LogP contribution in [0.2, 0.25) is 0 Å². The minimum atomic E-state index is -8.22. The molecular weight excluding hydrogens is 647 g/mol. The number of rotatable bonds is 5. The van der Waals surface area contributed by atoms with Crippen molar-refractivity contribution in [2.45, 2.75) is 52.6 Å². The molecule has 39 heavy (non-hydrogen) atoms. The van der Waals surface area contributed by atoms with Crippen LogP contribution in [0.3, 0.4) is 0 Å². The molecule has 0 radical (unpaired) electrons. The van der Waals surface area contributed by atoms with Gasteiger partial charge in [-0.25, -0.2) is 12.8 Å². The fraction of sp³-hybridized carbons (Fsp3) is 0.533. The fourth-order valence-corrected chi connectivity index (χ4v) is 3.37. The van der Waals surface area contributed by atoms with E-state index in [2.05, 4.69) is 0 Å². The summed E-state index contributed by atoms with van der Waals surface area (Å²) < 4.78 is 252. The van der Waals surface area contributed by atoms with Gasteiger partial charge in [0.25, 0.3) is 5.91 Å². The molecule has 1 unspecified atom stereocenters. The Morgan fingerprint density at radius 3 is 1.41 bits per heavy atom. The molecule has 1 aromatic rings. The van der Waals surface area contributed by atoms with E-state index in [0.29, 0.717) is 5.32 Å². The summed E-state index contributed by atoms with van der Waals surface area (Å²) in [5, 5.41) is 0.475. The van der Waals surface area contributed by atoms with Crippen LogP contribution >= 0.6 is 0 Å². The molecule has 0 bridgehead atoms. The molecule has 1 aliphatic rings. The molecule has 1 aromatic carbocycles. The molecule has 2 rings (SSSR count). The number of hydrogen-bond acceptors (Lipinski definition) is 5. The Kier molecular flexibility index (Phi) is 9.10. The molecular formula is C15H5F16KN2O4S. The second-order valence-corrected chi connectivity index (χ2v) is 8.65. The zero-order chi connectivity index (χ0) is 30.3. The van der Waals surface area contributed by atoms with Gasteiger partial charge in [-0.3, -0.25) is 4.79 Å². The van der Waals surface area contributed by atoms with E-state index in [9.17, 15) is 88.0 Å². The number of nitrogens with zero attached hydrogens (tertiary/aromatic N) is 1. The molecule has 218 valence electrons. The van der Waals surface area contributed by atoms with Crippen LogP contribution in [0, 0.1) is 0 Å². The zero-order valence-electron chi connectivity index (χ0n) is 17.8. The smallest absolute Gasteiger partial charge is 0.744 e. The third kappa shape index (κ3) is 4.84. The van der Waals surface area contributed by atoms with Crippen LogP contribution in [-0.4, -0.2) is 71.5 Å². The molecule has 0 aliphatic carbocycles. The van der Waals surface area contributed by atoms with Gasteiger partial charge in [0.15, 0.2) is 0 Å². The fourth-order valence-electron chi connectivity index (χ4n) is 2.90. The second-order valence-electron chi connectivity index (χ2n) is 7.27. The van der Waals surface area contributed by atoms with Gasteiger partial charge in [-0.2, -0.15) is 65.9 Å². The van der Waals surface area contributed by atoms with Crippen molar-refractivity contribution in [2.75, 3.05) is 5.32 Å². The molecule has 0 spiro atoms. The molecule has 1 N–H and O–H groups in total. The maximum Gasteiger partial charge on any atom is 1.00 e. The third-order valence-corrected chi connectivity index (χ3v) is 5.76. The first-order chi connectivity index (χ1) is 16.5. The van der Waals surface area contributed by atoms with Crippen molar-refractivity contribution in [3.8, 4) is 0 Å². The number of anilines is 1. The van der Waals surface area contributed by atoms with Crippen molar-refractivity contribution in [1.29, 1.82) is 0 Å². The number of amides is 1. The van der Waals surface area contributed by atoms with Crippen molar-refractivity contribution < 1.29 is 139 Å². The summed E-state index contributed by atoms with van der Waals surface area (Å²) in [5.41, 5.74) is -9.02. The summed E-state index contributed by atoms with van der Waals surface area (Å²) in [7, 11) is -5.31. The van der Waals surface area contributed by atoms with Gasteiger partial charge in [0.1, 0.15) is 10.1 Å². The summed E-state index contributed by atoms with van der Waals surface area (Å²) in [6, 6.07) is -24.0. The standard InChI is InChI=1S/C15H6F16N2O4S.K/c16-8(12(23,24)25,7(34)32-5-1-3-6(4-2-5)38(35,36)37)13(26,27)33-14(28,29)10(19,20)9(17,18)11(21,22)15(33,30)31;/h1-4H,(H,32,34)(H,35,36,37);/q;+1/p-1. The van der Waals surface area contributed by atoms with Crippen LogP contribution in [0.1, 0.15) is 0 Å². The number of piperidine rings is 1. The van der Waals surface area contributed by atoms with Gasteiger partial charge in [-0.1, -0.05) is 0 Å². The van der Waals surface area contributed by atoms with Crippen molar-refractivity contribution in [1.82, 2.24) is 4.90 Å². The van der Waals surface area contributed by atoms with Gasteiger partial charge in [0.05, 0.1) is 4.90 Å². The van der Waals surface area contributed by atoms with Gasteiger partial charge in [-0.15, -0.1) is 4.90 Å². The van der Waals surface area contributed by atoms with E-state index in [4.69, 9.17) is 0 Å². The first kappa shape index (κ1) is 36.1. The van der Waals surface area contributed by atoms with Crippen molar-refractivity contribution in [3.63, 3.8) is 0 Å². The third-order valence-electron chi connectivity index (χ3n) is 4.91. The molecule has 6 nitrogen and oxygen atoms in total. The first-order valence-corrected chi connectivity index (χ1v) is 10.1. The number of halogens is 16. The van der Waals surface area contributed by atoms with E-state index in [-0.39, 0.29) is 75.7 Å². The zero-order valence-corrected chi connectivity index (χ0v) is 21.8. The van der Waals surface area contributed by atoms with Crippen LogP contribution in [0.15, 0.2) is 29.2 Å².